The molecule has 96 valence electrons. The largest absolute Gasteiger partial charge is 0.392 e. The molecular formula is C16H26O. The monoisotopic (exact) mass is 234 g/mol. The molecule has 0 aromatic heterocycles. The molecule has 1 aliphatic rings. The lowest BCUT2D eigenvalue weighted by Gasteiger charge is -2.50. The van der Waals surface area contributed by atoms with Crippen LogP contribution >= 0.6 is 0 Å². The minimum Gasteiger partial charge on any atom is -0.392 e. The topological polar surface area (TPSA) is 20.2 Å². The van der Waals surface area contributed by atoms with E-state index in [0.717, 1.165) is 19.3 Å². The third-order valence-electron chi connectivity index (χ3n) is 4.60. The molecule has 0 aromatic rings. The maximum absolute atomic E-state index is 10.5. The summed E-state index contributed by atoms with van der Waals surface area (Å²) in [6.45, 7) is 14.2. The summed E-state index contributed by atoms with van der Waals surface area (Å²) < 4.78 is 0. The van der Waals surface area contributed by atoms with Crippen LogP contribution < -0.4 is 0 Å². The van der Waals surface area contributed by atoms with Crippen LogP contribution in [0.2, 0.25) is 0 Å². The second-order valence-electron chi connectivity index (χ2n) is 5.88. The number of rotatable bonds is 5. The van der Waals surface area contributed by atoms with Gasteiger partial charge in [-0.3, -0.25) is 0 Å². The Hall–Kier alpha value is -0.820. The van der Waals surface area contributed by atoms with E-state index in [9.17, 15) is 5.11 Å². The van der Waals surface area contributed by atoms with Crippen molar-refractivity contribution >= 4 is 0 Å². The Kier molecular flexibility index (Phi) is 4.37. The van der Waals surface area contributed by atoms with Crippen molar-refractivity contribution in [2.75, 3.05) is 0 Å². The Bertz CT molecular complexity index is 324. The molecule has 1 rings (SSSR count). The van der Waals surface area contributed by atoms with Gasteiger partial charge in [0.05, 0.1) is 6.10 Å². The minimum absolute atomic E-state index is 0.0629. The van der Waals surface area contributed by atoms with Gasteiger partial charge in [-0.1, -0.05) is 37.6 Å². The Labute approximate surface area is 106 Å². The highest BCUT2D eigenvalue weighted by molar-refractivity contribution is 5.16. The van der Waals surface area contributed by atoms with Gasteiger partial charge in [-0.25, -0.2) is 0 Å². The maximum atomic E-state index is 10.5. The molecule has 17 heavy (non-hydrogen) atoms. The van der Waals surface area contributed by atoms with Crippen LogP contribution in [-0.2, 0) is 0 Å². The standard InChI is InChI=1S/C16H26O/c1-6-8-14(17)16(15(4,5)7-2)11-9-13(3)10-12-16/h6-7,9,14,17H,1-2,8,10-12H2,3-5H3. The molecule has 0 saturated heterocycles. The summed E-state index contributed by atoms with van der Waals surface area (Å²) in [6, 6.07) is 0. The minimum atomic E-state index is -0.336. The smallest absolute Gasteiger partial charge is 0.0641 e. The van der Waals surface area contributed by atoms with Crippen molar-refractivity contribution in [1.29, 1.82) is 0 Å². The molecule has 0 aliphatic heterocycles. The second kappa shape index (κ2) is 5.22. The molecule has 0 spiro atoms. The van der Waals surface area contributed by atoms with Gasteiger partial charge in [-0.05, 0) is 38.0 Å². The fourth-order valence-electron chi connectivity index (χ4n) is 2.88. The average Bonchev–Trinajstić information content (AvgIpc) is 2.30. The van der Waals surface area contributed by atoms with Crippen LogP contribution in [0.1, 0.15) is 46.5 Å². The van der Waals surface area contributed by atoms with E-state index in [4.69, 9.17) is 0 Å². The van der Waals surface area contributed by atoms with Crippen molar-refractivity contribution in [3.8, 4) is 0 Å². The first-order chi connectivity index (χ1) is 7.89. The molecule has 0 aromatic carbocycles. The lowest BCUT2D eigenvalue weighted by atomic mass is 9.56. The van der Waals surface area contributed by atoms with Crippen molar-refractivity contribution in [3.63, 3.8) is 0 Å². The van der Waals surface area contributed by atoms with Crippen LogP contribution in [0.3, 0.4) is 0 Å². The molecule has 0 radical (unpaired) electrons. The van der Waals surface area contributed by atoms with Gasteiger partial charge in [0.25, 0.3) is 0 Å². The van der Waals surface area contributed by atoms with E-state index in [2.05, 4.69) is 40.0 Å². The van der Waals surface area contributed by atoms with Gasteiger partial charge in [-0.15, -0.1) is 13.2 Å². The lowest BCUT2D eigenvalue weighted by Crippen LogP contribution is -2.47. The van der Waals surface area contributed by atoms with Crippen LogP contribution in [0.5, 0.6) is 0 Å². The highest BCUT2D eigenvalue weighted by Gasteiger charge is 2.47. The fourth-order valence-corrected chi connectivity index (χ4v) is 2.88. The molecule has 0 amide bonds. The van der Waals surface area contributed by atoms with Crippen LogP contribution in [0.4, 0.5) is 0 Å². The molecule has 0 saturated carbocycles. The Balaban J connectivity index is 3.10. The molecule has 2 atom stereocenters. The summed E-state index contributed by atoms with van der Waals surface area (Å²) in [6.07, 6.45) is 9.45. The zero-order valence-electron chi connectivity index (χ0n) is 11.5. The van der Waals surface area contributed by atoms with Gasteiger partial charge in [0, 0.05) is 5.41 Å². The van der Waals surface area contributed by atoms with Crippen LogP contribution in [-0.4, -0.2) is 11.2 Å². The summed E-state index contributed by atoms with van der Waals surface area (Å²) in [5.74, 6) is 0. The summed E-state index contributed by atoms with van der Waals surface area (Å²) in [4.78, 5) is 0. The normalized spacial score (nSPS) is 27.2. The van der Waals surface area contributed by atoms with E-state index in [0.29, 0.717) is 6.42 Å². The van der Waals surface area contributed by atoms with Crippen molar-refractivity contribution in [3.05, 3.63) is 37.0 Å². The third-order valence-corrected chi connectivity index (χ3v) is 4.60. The van der Waals surface area contributed by atoms with Crippen LogP contribution in [0.25, 0.3) is 0 Å². The SMILES string of the molecule is C=CCC(O)C1(C(C)(C)C=C)CC=C(C)CC1. The Morgan fingerprint density at radius 3 is 2.59 bits per heavy atom. The first kappa shape index (κ1) is 14.2. The van der Waals surface area contributed by atoms with E-state index >= 15 is 0 Å². The highest BCUT2D eigenvalue weighted by atomic mass is 16.3. The van der Waals surface area contributed by atoms with Crippen LogP contribution in [0.15, 0.2) is 37.0 Å². The summed E-state index contributed by atoms with van der Waals surface area (Å²) in [7, 11) is 0. The summed E-state index contributed by atoms with van der Waals surface area (Å²) >= 11 is 0. The fraction of sp³-hybridized carbons (Fsp3) is 0.625. The van der Waals surface area contributed by atoms with Gasteiger partial charge in [0.1, 0.15) is 0 Å². The lowest BCUT2D eigenvalue weighted by molar-refractivity contribution is -0.0476. The summed E-state index contributed by atoms with van der Waals surface area (Å²) in [5.41, 5.74) is 1.28. The average molecular weight is 234 g/mol. The number of hydrogen-bond donors (Lipinski definition) is 1. The number of aliphatic hydroxyl groups is 1. The maximum Gasteiger partial charge on any atom is 0.0641 e. The van der Waals surface area contributed by atoms with Gasteiger partial charge >= 0.3 is 0 Å². The predicted molar refractivity (Wildman–Crippen MR) is 74.8 cm³/mol. The molecule has 0 heterocycles. The van der Waals surface area contributed by atoms with Gasteiger partial charge in [0.15, 0.2) is 0 Å². The molecule has 0 bridgehead atoms. The summed E-state index contributed by atoms with van der Waals surface area (Å²) in [5, 5.41) is 10.5. The van der Waals surface area contributed by atoms with Gasteiger partial charge < -0.3 is 5.11 Å². The first-order valence-corrected chi connectivity index (χ1v) is 6.48. The molecule has 1 aliphatic carbocycles. The van der Waals surface area contributed by atoms with E-state index in [1.54, 1.807) is 0 Å². The predicted octanol–water partition coefficient (Wildman–Crippen LogP) is 4.25. The van der Waals surface area contributed by atoms with Crippen molar-refractivity contribution in [1.82, 2.24) is 0 Å². The molecule has 1 heteroatoms. The molecule has 2 unspecified atom stereocenters. The molecular weight excluding hydrogens is 208 g/mol. The zero-order chi connectivity index (χ0) is 13.1. The van der Waals surface area contributed by atoms with Crippen molar-refractivity contribution in [2.24, 2.45) is 10.8 Å². The molecule has 1 nitrogen and oxygen atoms in total. The number of allylic oxidation sites excluding steroid dienone is 3. The number of aliphatic hydroxyl groups excluding tert-OH is 1. The molecule has 0 fully saturated rings. The van der Waals surface area contributed by atoms with Gasteiger partial charge in [-0.2, -0.15) is 0 Å². The Morgan fingerprint density at radius 1 is 1.53 bits per heavy atom. The van der Waals surface area contributed by atoms with Crippen molar-refractivity contribution in [2.45, 2.75) is 52.6 Å². The quantitative estimate of drug-likeness (QED) is 0.705. The van der Waals surface area contributed by atoms with E-state index in [1.165, 1.54) is 5.57 Å². The molecule has 1 N–H and O–H groups in total. The Morgan fingerprint density at radius 2 is 2.18 bits per heavy atom. The zero-order valence-corrected chi connectivity index (χ0v) is 11.5. The van der Waals surface area contributed by atoms with E-state index in [-0.39, 0.29) is 16.9 Å². The highest BCUT2D eigenvalue weighted by Crippen LogP contribution is 2.52. The van der Waals surface area contributed by atoms with Crippen LogP contribution in [0, 0.1) is 10.8 Å². The van der Waals surface area contributed by atoms with Gasteiger partial charge in [0.2, 0.25) is 0 Å². The second-order valence-corrected chi connectivity index (χ2v) is 5.88. The van der Waals surface area contributed by atoms with E-state index < -0.39 is 0 Å². The first-order valence-electron chi connectivity index (χ1n) is 6.48. The third kappa shape index (κ3) is 2.55. The number of hydrogen-bond acceptors (Lipinski definition) is 1. The van der Waals surface area contributed by atoms with Crippen molar-refractivity contribution < 1.29 is 5.11 Å². The van der Waals surface area contributed by atoms with E-state index in [1.807, 2.05) is 12.2 Å².